The molecule has 3 atom stereocenters. The van der Waals surface area contributed by atoms with Gasteiger partial charge in [-0.25, -0.2) is 9.97 Å². The Labute approximate surface area is 115 Å². The van der Waals surface area contributed by atoms with Crippen LogP contribution in [-0.4, -0.2) is 43.6 Å². The topological polar surface area (TPSA) is 106 Å². The normalized spacial score (nSPS) is 25.9. The van der Waals surface area contributed by atoms with Crippen molar-refractivity contribution in [1.29, 1.82) is 0 Å². The maximum atomic E-state index is 9.82. The van der Waals surface area contributed by atoms with E-state index in [4.69, 9.17) is 22.0 Å². The summed E-state index contributed by atoms with van der Waals surface area (Å²) >= 11 is 0. The Kier molecular flexibility index (Phi) is 3.06. The molecule has 0 aromatic carbocycles. The molecular formula is C13H14N4O3. The highest BCUT2D eigenvalue weighted by Crippen LogP contribution is 2.33. The van der Waals surface area contributed by atoms with Crippen LogP contribution in [0.3, 0.4) is 0 Å². The van der Waals surface area contributed by atoms with Crippen LogP contribution >= 0.6 is 0 Å². The summed E-state index contributed by atoms with van der Waals surface area (Å²) in [5, 5.41) is 19.6. The fraction of sp³-hybridized carbons (Fsp3) is 0.385. The van der Waals surface area contributed by atoms with E-state index in [2.05, 4.69) is 15.9 Å². The molecule has 2 aromatic rings. The standard InChI is InChI=1S/C13H14N4O3/c1-2-7-4-17(10-3-8(19)9(5-18)20-10)13-11(7)12(14)15-6-16-13/h1,4,6,8-10,18-19H,3,5H2,(H2,14,15,16)/t8?,9-,10-/m1/s1. The van der Waals surface area contributed by atoms with Gasteiger partial charge in [-0.15, -0.1) is 6.42 Å². The van der Waals surface area contributed by atoms with Crippen LogP contribution < -0.4 is 5.73 Å². The molecule has 7 heteroatoms. The van der Waals surface area contributed by atoms with Gasteiger partial charge in [0.05, 0.1) is 23.7 Å². The third-order valence-electron chi connectivity index (χ3n) is 3.49. The summed E-state index contributed by atoms with van der Waals surface area (Å²) in [7, 11) is 0. The highest BCUT2D eigenvalue weighted by Gasteiger charge is 2.35. The van der Waals surface area contributed by atoms with E-state index in [9.17, 15) is 5.11 Å². The molecule has 3 rings (SSSR count). The lowest BCUT2D eigenvalue weighted by atomic mass is 10.2. The highest BCUT2D eigenvalue weighted by molar-refractivity contribution is 5.92. The minimum absolute atomic E-state index is 0.240. The zero-order valence-electron chi connectivity index (χ0n) is 10.6. The first kappa shape index (κ1) is 12.9. The zero-order chi connectivity index (χ0) is 14.3. The van der Waals surface area contributed by atoms with Crippen molar-refractivity contribution in [2.45, 2.75) is 24.9 Å². The predicted octanol–water partition coefficient (Wildman–Crippen LogP) is -0.364. The molecule has 1 unspecified atom stereocenters. The molecule has 1 aliphatic rings. The number of anilines is 1. The van der Waals surface area contributed by atoms with Gasteiger partial charge in [0.15, 0.2) is 0 Å². The van der Waals surface area contributed by atoms with E-state index >= 15 is 0 Å². The minimum atomic E-state index is -0.726. The summed E-state index contributed by atoms with van der Waals surface area (Å²) < 4.78 is 7.33. The smallest absolute Gasteiger partial charge is 0.148 e. The first-order valence-corrected chi connectivity index (χ1v) is 6.17. The Hall–Kier alpha value is -2.14. The monoisotopic (exact) mass is 274 g/mol. The average Bonchev–Trinajstić information content (AvgIpc) is 3.00. The lowest BCUT2D eigenvalue weighted by molar-refractivity contribution is -0.0430. The Bertz CT molecular complexity index is 691. The fourth-order valence-corrected chi connectivity index (χ4v) is 2.49. The quantitative estimate of drug-likeness (QED) is 0.645. The van der Waals surface area contributed by atoms with Crippen LogP contribution in [0.15, 0.2) is 12.5 Å². The number of nitrogens with zero attached hydrogens (tertiary/aromatic N) is 3. The van der Waals surface area contributed by atoms with E-state index in [0.29, 0.717) is 28.8 Å². The Morgan fingerprint density at radius 3 is 3.00 bits per heavy atom. The average molecular weight is 274 g/mol. The fourth-order valence-electron chi connectivity index (χ4n) is 2.49. The highest BCUT2D eigenvalue weighted by atomic mass is 16.5. The molecule has 0 spiro atoms. The second kappa shape index (κ2) is 4.76. The molecule has 0 radical (unpaired) electrons. The number of terminal acetylenes is 1. The number of rotatable bonds is 2. The molecule has 1 aliphatic heterocycles. The van der Waals surface area contributed by atoms with Gasteiger partial charge in [-0.1, -0.05) is 5.92 Å². The van der Waals surface area contributed by atoms with Gasteiger partial charge in [-0.2, -0.15) is 0 Å². The van der Waals surface area contributed by atoms with Crippen LogP contribution in [0.4, 0.5) is 5.82 Å². The van der Waals surface area contributed by atoms with Gasteiger partial charge in [-0.3, -0.25) is 0 Å². The number of aliphatic hydroxyl groups is 2. The summed E-state index contributed by atoms with van der Waals surface area (Å²) in [4.78, 5) is 8.11. The van der Waals surface area contributed by atoms with Gasteiger partial charge in [0.25, 0.3) is 0 Å². The molecular weight excluding hydrogens is 260 g/mol. The van der Waals surface area contributed by atoms with Crippen molar-refractivity contribution in [2.24, 2.45) is 0 Å². The SMILES string of the molecule is C#Cc1cn([C@H]2CC(O)[C@@H](CO)O2)c2ncnc(N)c12. The number of hydrogen-bond donors (Lipinski definition) is 3. The minimum Gasteiger partial charge on any atom is -0.394 e. The van der Waals surface area contributed by atoms with E-state index in [1.54, 1.807) is 10.8 Å². The molecule has 2 aromatic heterocycles. The molecule has 0 saturated carbocycles. The number of hydrogen-bond acceptors (Lipinski definition) is 6. The van der Waals surface area contributed by atoms with Crippen LogP contribution in [0.5, 0.6) is 0 Å². The van der Waals surface area contributed by atoms with Crippen molar-refractivity contribution in [3.63, 3.8) is 0 Å². The van der Waals surface area contributed by atoms with Crippen molar-refractivity contribution < 1.29 is 14.9 Å². The summed E-state index contributed by atoms with van der Waals surface area (Å²) in [5.74, 6) is 2.85. The predicted molar refractivity (Wildman–Crippen MR) is 71.5 cm³/mol. The second-order valence-electron chi connectivity index (χ2n) is 4.67. The van der Waals surface area contributed by atoms with Crippen LogP contribution in [0.2, 0.25) is 0 Å². The number of nitrogen functional groups attached to an aromatic ring is 1. The molecule has 104 valence electrons. The maximum Gasteiger partial charge on any atom is 0.148 e. The van der Waals surface area contributed by atoms with Gasteiger partial charge in [-0.05, 0) is 0 Å². The maximum absolute atomic E-state index is 9.82. The number of aromatic nitrogens is 3. The van der Waals surface area contributed by atoms with E-state index in [1.165, 1.54) is 6.33 Å². The molecule has 1 saturated heterocycles. The van der Waals surface area contributed by atoms with Crippen LogP contribution in [0.1, 0.15) is 18.2 Å². The number of nitrogens with two attached hydrogens (primary N) is 1. The van der Waals surface area contributed by atoms with E-state index < -0.39 is 18.4 Å². The second-order valence-corrected chi connectivity index (χ2v) is 4.67. The molecule has 4 N–H and O–H groups in total. The van der Waals surface area contributed by atoms with Gasteiger partial charge in [0, 0.05) is 12.6 Å². The lowest BCUT2D eigenvalue weighted by Crippen LogP contribution is -2.24. The van der Waals surface area contributed by atoms with Gasteiger partial charge in [0.1, 0.15) is 30.1 Å². The number of aliphatic hydroxyl groups excluding tert-OH is 2. The van der Waals surface area contributed by atoms with Gasteiger partial charge < -0.3 is 25.3 Å². The van der Waals surface area contributed by atoms with Crippen LogP contribution in [0.25, 0.3) is 11.0 Å². The first-order chi connectivity index (χ1) is 9.65. The molecule has 0 bridgehead atoms. The van der Waals surface area contributed by atoms with Crippen LogP contribution in [-0.2, 0) is 4.74 Å². The number of fused-ring (bicyclic) bond motifs is 1. The van der Waals surface area contributed by atoms with Crippen molar-refractivity contribution >= 4 is 16.9 Å². The molecule has 0 amide bonds. The van der Waals surface area contributed by atoms with Crippen LogP contribution in [0, 0.1) is 12.3 Å². The number of ether oxygens (including phenoxy) is 1. The Balaban J connectivity index is 2.10. The summed E-state index contributed by atoms with van der Waals surface area (Å²) in [6.45, 7) is -0.240. The third-order valence-corrected chi connectivity index (χ3v) is 3.49. The molecule has 7 nitrogen and oxygen atoms in total. The molecule has 3 heterocycles. The summed E-state index contributed by atoms with van der Waals surface area (Å²) in [6, 6.07) is 0. The van der Waals surface area contributed by atoms with Crippen molar-refractivity contribution in [2.75, 3.05) is 12.3 Å². The largest absolute Gasteiger partial charge is 0.394 e. The third kappa shape index (κ3) is 1.82. The molecule has 1 fully saturated rings. The Morgan fingerprint density at radius 1 is 1.55 bits per heavy atom. The van der Waals surface area contributed by atoms with Crippen molar-refractivity contribution in [1.82, 2.24) is 14.5 Å². The van der Waals surface area contributed by atoms with Gasteiger partial charge in [0.2, 0.25) is 0 Å². The summed E-state index contributed by atoms with van der Waals surface area (Å²) in [5.41, 5.74) is 6.96. The summed E-state index contributed by atoms with van der Waals surface area (Å²) in [6.07, 6.45) is 7.10. The molecule has 0 aliphatic carbocycles. The zero-order valence-corrected chi connectivity index (χ0v) is 10.6. The van der Waals surface area contributed by atoms with Crippen molar-refractivity contribution in [3.8, 4) is 12.3 Å². The van der Waals surface area contributed by atoms with Gasteiger partial charge >= 0.3 is 0 Å². The van der Waals surface area contributed by atoms with E-state index in [1.807, 2.05) is 0 Å². The molecule has 20 heavy (non-hydrogen) atoms. The Morgan fingerprint density at radius 2 is 2.35 bits per heavy atom. The first-order valence-electron chi connectivity index (χ1n) is 6.17. The van der Waals surface area contributed by atoms with E-state index in [0.717, 1.165) is 0 Å². The lowest BCUT2D eigenvalue weighted by Gasteiger charge is -2.14. The van der Waals surface area contributed by atoms with E-state index in [-0.39, 0.29) is 6.61 Å². The van der Waals surface area contributed by atoms with Crippen molar-refractivity contribution in [3.05, 3.63) is 18.1 Å².